The summed E-state index contributed by atoms with van der Waals surface area (Å²) in [6, 6.07) is -3.03. The van der Waals surface area contributed by atoms with Gasteiger partial charge in [0.05, 0.1) is 44.1 Å². The van der Waals surface area contributed by atoms with Crippen molar-refractivity contribution in [1.82, 2.24) is 10.6 Å². The molecule has 0 aromatic heterocycles. The van der Waals surface area contributed by atoms with Crippen molar-refractivity contribution in [1.29, 1.82) is 0 Å². The van der Waals surface area contributed by atoms with Gasteiger partial charge in [-0.15, -0.1) is 0 Å². The summed E-state index contributed by atoms with van der Waals surface area (Å²) in [5.74, 6) is -5.99. The summed E-state index contributed by atoms with van der Waals surface area (Å²) < 4.78 is 22.7. The van der Waals surface area contributed by atoms with E-state index in [4.69, 9.17) is 18.9 Å². The molecule has 0 saturated carbocycles. The summed E-state index contributed by atoms with van der Waals surface area (Å²) in [7, 11) is 0. The normalized spacial score (nSPS) is 25.9. The van der Waals surface area contributed by atoms with Gasteiger partial charge >= 0.3 is 5.97 Å². The van der Waals surface area contributed by atoms with Crippen LogP contribution in [0.3, 0.4) is 0 Å². The van der Waals surface area contributed by atoms with Gasteiger partial charge in [0.1, 0.15) is 61.5 Å². The van der Waals surface area contributed by atoms with Gasteiger partial charge in [0.2, 0.25) is 11.8 Å². The van der Waals surface area contributed by atoms with Gasteiger partial charge < -0.3 is 90.9 Å². The van der Waals surface area contributed by atoms with Gasteiger partial charge in [-0.05, 0) is 18.8 Å². The molecule has 2 saturated heterocycles. The summed E-state index contributed by atoms with van der Waals surface area (Å²) in [4.78, 5) is 38.3. The van der Waals surface area contributed by atoms with E-state index in [0.717, 1.165) is 57.8 Å². The van der Waals surface area contributed by atoms with E-state index in [1.165, 1.54) is 116 Å². The zero-order chi connectivity index (χ0) is 58.6. The average molecular weight is 1140 g/mol. The Morgan fingerprint density at radius 3 is 1.54 bits per heavy atom. The molecule has 2 amide bonds. The van der Waals surface area contributed by atoms with Crippen LogP contribution >= 0.6 is 0 Å². The van der Waals surface area contributed by atoms with Crippen LogP contribution in [-0.4, -0.2) is 197 Å². The number of unbranched alkanes of at least 4 members (excludes halogenated alkanes) is 26. The average Bonchev–Trinajstić information content (AvgIpc) is 3.49. The Morgan fingerprint density at radius 2 is 1.09 bits per heavy atom. The number of hydrogen-bond donors (Lipinski definition) is 14. The van der Waals surface area contributed by atoms with Crippen molar-refractivity contribution in [2.45, 2.75) is 318 Å². The van der Waals surface area contributed by atoms with E-state index in [1.807, 2.05) is 0 Å². The van der Waals surface area contributed by atoms with Crippen molar-refractivity contribution in [2.75, 3.05) is 26.4 Å². The molecule has 0 bridgehead atoms. The molecular formula is C58H110N2O19. The predicted molar refractivity (Wildman–Crippen MR) is 296 cm³/mol. The summed E-state index contributed by atoms with van der Waals surface area (Å²) >= 11 is 0. The number of nitrogens with one attached hydrogen (secondary N) is 2. The lowest BCUT2D eigenvalue weighted by Gasteiger charge is -2.47. The summed E-state index contributed by atoms with van der Waals surface area (Å²) in [5.41, 5.74) is 0. The zero-order valence-corrected chi connectivity index (χ0v) is 48.3. The minimum atomic E-state index is -2.89. The van der Waals surface area contributed by atoms with Crippen LogP contribution in [0.4, 0.5) is 0 Å². The quantitative estimate of drug-likeness (QED) is 0.0378. The SMILES string of the molecule is CCCCCCCCCCCCCCCCCCCCCCC(O)C(=O)NC(COC1OC(COC2(C(=O)O)CC(O)C(NC(=O)CO)C(C(O)C(O)CO)O2)C(O)C(O)C1O)C(O)C(O)CCCCCCCCCCC(C)C. The Morgan fingerprint density at radius 1 is 0.620 bits per heavy atom. The van der Waals surface area contributed by atoms with E-state index in [9.17, 15) is 75.7 Å². The van der Waals surface area contributed by atoms with E-state index < -0.39 is 142 Å². The molecular weight excluding hydrogens is 1030 g/mol. The lowest BCUT2D eigenvalue weighted by molar-refractivity contribution is -0.339. The fourth-order valence-corrected chi connectivity index (χ4v) is 10.5. The second-order valence-corrected chi connectivity index (χ2v) is 23.1. The van der Waals surface area contributed by atoms with Crippen LogP contribution in [0, 0.1) is 5.92 Å². The van der Waals surface area contributed by atoms with Crippen molar-refractivity contribution in [2.24, 2.45) is 5.92 Å². The van der Waals surface area contributed by atoms with E-state index in [1.54, 1.807) is 0 Å². The van der Waals surface area contributed by atoms with Crippen molar-refractivity contribution in [3.8, 4) is 0 Å². The van der Waals surface area contributed by atoms with Crippen molar-refractivity contribution >= 4 is 17.8 Å². The Labute approximate surface area is 471 Å². The molecule has 0 aliphatic carbocycles. The van der Waals surface area contributed by atoms with Crippen LogP contribution < -0.4 is 10.6 Å². The molecule has 0 aromatic carbocycles. The molecule has 14 N–H and O–H groups in total. The van der Waals surface area contributed by atoms with Crippen molar-refractivity contribution in [3.63, 3.8) is 0 Å². The lowest BCUT2D eigenvalue weighted by atomic mass is 9.88. The third kappa shape index (κ3) is 28.8. The largest absolute Gasteiger partial charge is 0.477 e. The third-order valence-corrected chi connectivity index (χ3v) is 15.7. The first-order valence-corrected chi connectivity index (χ1v) is 30.6. The van der Waals surface area contributed by atoms with Crippen LogP contribution in [0.5, 0.6) is 0 Å². The van der Waals surface area contributed by atoms with Gasteiger partial charge in [-0.2, -0.15) is 0 Å². The number of carboxylic acids is 1. The van der Waals surface area contributed by atoms with Crippen molar-refractivity contribution in [3.05, 3.63) is 0 Å². The highest BCUT2D eigenvalue weighted by molar-refractivity contribution is 5.80. The number of ether oxygens (including phenoxy) is 4. The Kier molecular flexibility index (Phi) is 39.3. The summed E-state index contributed by atoms with van der Waals surface area (Å²) in [6.07, 6.45) is 11.0. The summed E-state index contributed by atoms with van der Waals surface area (Å²) in [6.45, 7) is 2.94. The molecule has 0 radical (unpaired) electrons. The maximum atomic E-state index is 13.5. The van der Waals surface area contributed by atoms with Crippen LogP contribution in [-0.2, 0) is 33.3 Å². The molecule has 15 unspecified atom stereocenters. The fraction of sp³-hybridized carbons (Fsp3) is 0.948. The molecule has 2 heterocycles. The smallest absolute Gasteiger partial charge is 0.364 e. The topological polar surface area (TPSA) is 355 Å². The lowest BCUT2D eigenvalue weighted by Crippen LogP contribution is -2.68. The molecule has 0 spiro atoms. The number of aliphatic carboxylic acids is 1. The highest BCUT2D eigenvalue weighted by Gasteiger charge is 2.57. The Bertz CT molecular complexity index is 1570. The van der Waals surface area contributed by atoms with Crippen LogP contribution in [0.1, 0.15) is 226 Å². The van der Waals surface area contributed by atoms with Gasteiger partial charge in [-0.25, -0.2) is 4.79 Å². The van der Waals surface area contributed by atoms with Gasteiger partial charge in [0.25, 0.3) is 5.79 Å². The second-order valence-electron chi connectivity index (χ2n) is 23.1. The molecule has 0 aromatic rings. The standard InChI is InChI=1S/C58H110N2O19/c1-4-5-6-7-8-9-10-11-12-13-14-15-16-17-18-19-20-25-28-31-34-43(64)55(73)59-41(49(68)42(63)33-30-27-24-22-21-23-26-29-32-40(2)3)38-76-56-53(72)52(71)51(70)46(78-56)39-77-58(57(74)75)35-44(65)48(60-47(67)37-62)54(79-58)50(69)45(66)36-61/h40-46,48-54,56,61-66,68-72H,4-39H2,1-3H3,(H,59,73)(H,60,67)(H,74,75). The molecule has 21 nitrogen and oxygen atoms in total. The molecule has 2 rings (SSSR count). The van der Waals surface area contributed by atoms with Crippen LogP contribution in [0.15, 0.2) is 0 Å². The fourth-order valence-electron chi connectivity index (χ4n) is 10.5. The highest BCUT2D eigenvalue weighted by Crippen LogP contribution is 2.35. The first-order valence-electron chi connectivity index (χ1n) is 30.6. The van der Waals surface area contributed by atoms with Gasteiger partial charge in [0.15, 0.2) is 6.29 Å². The van der Waals surface area contributed by atoms with E-state index >= 15 is 0 Å². The van der Waals surface area contributed by atoms with Gasteiger partial charge in [0, 0.05) is 6.42 Å². The van der Waals surface area contributed by atoms with E-state index in [2.05, 4.69) is 31.4 Å². The third-order valence-electron chi connectivity index (χ3n) is 15.7. The Hall–Kier alpha value is -2.19. The van der Waals surface area contributed by atoms with Crippen LogP contribution in [0.25, 0.3) is 0 Å². The maximum Gasteiger partial charge on any atom is 0.364 e. The molecule has 21 heteroatoms. The van der Waals surface area contributed by atoms with Gasteiger partial charge in [-0.3, -0.25) is 9.59 Å². The molecule has 79 heavy (non-hydrogen) atoms. The molecule has 2 aliphatic heterocycles. The van der Waals surface area contributed by atoms with E-state index in [0.29, 0.717) is 18.8 Å². The number of hydrogen-bond acceptors (Lipinski definition) is 18. The van der Waals surface area contributed by atoms with E-state index in [-0.39, 0.29) is 12.8 Å². The molecule has 15 atom stereocenters. The number of carbonyl (C=O) groups excluding carboxylic acids is 2. The van der Waals surface area contributed by atoms with Gasteiger partial charge in [-0.1, -0.05) is 207 Å². The first-order chi connectivity index (χ1) is 37.8. The molecule has 2 aliphatic rings. The number of aliphatic hydroxyl groups is 11. The monoisotopic (exact) mass is 1140 g/mol. The number of aliphatic hydroxyl groups excluding tert-OH is 11. The van der Waals surface area contributed by atoms with Crippen molar-refractivity contribution < 1.29 is 94.6 Å². The number of amides is 2. The summed E-state index contributed by atoms with van der Waals surface area (Å²) in [5, 5.41) is 132. The second kappa shape index (κ2) is 42.6. The minimum absolute atomic E-state index is 0.142. The maximum absolute atomic E-state index is 13.5. The number of carboxylic acid groups (broad SMARTS) is 1. The zero-order valence-electron chi connectivity index (χ0n) is 48.3. The highest BCUT2D eigenvalue weighted by atomic mass is 16.7. The molecule has 2 fully saturated rings. The number of carbonyl (C=O) groups is 3. The first kappa shape index (κ1) is 72.9. The van der Waals surface area contributed by atoms with Crippen LogP contribution in [0.2, 0.25) is 0 Å². The predicted octanol–water partition coefficient (Wildman–Crippen LogP) is 4.29. The molecule has 466 valence electrons. The number of rotatable bonds is 48. The minimum Gasteiger partial charge on any atom is -0.477 e. The Balaban J connectivity index is 2.01.